The van der Waals surface area contributed by atoms with E-state index < -0.39 is 5.91 Å². The fourth-order valence-corrected chi connectivity index (χ4v) is 2.99. The SMILES string of the molecule is CCCn1nc(C(=O)Nc2cc(N3CCCC3=O)ccc2Cl)ccc1=O. The van der Waals surface area contributed by atoms with Gasteiger partial charge in [-0.2, -0.15) is 5.10 Å². The van der Waals surface area contributed by atoms with Gasteiger partial charge in [-0.3, -0.25) is 14.4 Å². The van der Waals surface area contributed by atoms with Crippen molar-refractivity contribution in [1.29, 1.82) is 0 Å². The summed E-state index contributed by atoms with van der Waals surface area (Å²) in [7, 11) is 0. The lowest BCUT2D eigenvalue weighted by Gasteiger charge is -2.17. The first-order valence-electron chi connectivity index (χ1n) is 8.49. The van der Waals surface area contributed by atoms with Crippen molar-refractivity contribution in [2.24, 2.45) is 0 Å². The molecule has 1 aliphatic heterocycles. The summed E-state index contributed by atoms with van der Waals surface area (Å²) < 4.78 is 1.26. The van der Waals surface area contributed by atoms with E-state index in [1.54, 1.807) is 23.1 Å². The first kappa shape index (κ1) is 18.1. The largest absolute Gasteiger partial charge is 0.319 e. The summed E-state index contributed by atoms with van der Waals surface area (Å²) in [6.07, 6.45) is 2.06. The topological polar surface area (TPSA) is 84.3 Å². The normalized spacial score (nSPS) is 13.9. The fourth-order valence-electron chi connectivity index (χ4n) is 2.83. The van der Waals surface area contributed by atoms with Gasteiger partial charge in [0.1, 0.15) is 5.69 Å². The van der Waals surface area contributed by atoms with Crippen LogP contribution >= 0.6 is 11.6 Å². The Morgan fingerprint density at radius 3 is 2.77 bits per heavy atom. The van der Waals surface area contributed by atoms with Crippen LogP contribution < -0.4 is 15.8 Å². The van der Waals surface area contributed by atoms with E-state index in [1.165, 1.54) is 16.8 Å². The zero-order valence-corrected chi connectivity index (χ0v) is 15.1. The number of hydrogen-bond acceptors (Lipinski definition) is 4. The number of halogens is 1. The lowest BCUT2D eigenvalue weighted by atomic mass is 10.2. The van der Waals surface area contributed by atoms with Crippen LogP contribution in [-0.4, -0.2) is 28.1 Å². The molecule has 8 heteroatoms. The zero-order valence-electron chi connectivity index (χ0n) is 14.4. The highest BCUT2D eigenvalue weighted by Gasteiger charge is 2.22. The third kappa shape index (κ3) is 3.77. The van der Waals surface area contributed by atoms with E-state index in [1.807, 2.05) is 6.92 Å². The number of aryl methyl sites for hydroxylation is 1. The van der Waals surface area contributed by atoms with Crippen LogP contribution in [0.15, 0.2) is 35.1 Å². The minimum atomic E-state index is -0.471. The number of nitrogens with zero attached hydrogens (tertiary/aromatic N) is 3. The number of aromatic nitrogens is 2. The third-order valence-electron chi connectivity index (χ3n) is 4.12. The average molecular weight is 375 g/mol. The van der Waals surface area contributed by atoms with Gasteiger partial charge in [0.25, 0.3) is 11.5 Å². The third-order valence-corrected chi connectivity index (χ3v) is 4.45. The standard InChI is InChI=1S/C18H19ClN4O3/c1-2-9-23-17(25)8-7-14(21-23)18(26)20-15-11-12(5-6-13(15)19)22-10-3-4-16(22)24/h5-8,11H,2-4,9-10H2,1H3,(H,20,26). The number of hydrogen-bond donors (Lipinski definition) is 1. The summed E-state index contributed by atoms with van der Waals surface area (Å²) in [5.41, 5.74) is 0.952. The minimum Gasteiger partial charge on any atom is -0.319 e. The first-order valence-corrected chi connectivity index (χ1v) is 8.87. The Morgan fingerprint density at radius 2 is 2.08 bits per heavy atom. The molecule has 2 heterocycles. The molecule has 2 amide bonds. The quantitative estimate of drug-likeness (QED) is 0.872. The molecule has 1 aliphatic rings. The van der Waals surface area contributed by atoms with Crippen molar-refractivity contribution in [3.05, 3.63) is 51.4 Å². The first-order chi connectivity index (χ1) is 12.5. The monoisotopic (exact) mass is 374 g/mol. The predicted molar refractivity (Wildman–Crippen MR) is 99.8 cm³/mol. The van der Waals surface area contributed by atoms with E-state index in [0.29, 0.717) is 35.9 Å². The molecule has 1 saturated heterocycles. The molecule has 3 rings (SSSR count). The summed E-state index contributed by atoms with van der Waals surface area (Å²) in [5.74, 6) is -0.417. The van der Waals surface area contributed by atoms with Gasteiger partial charge in [0.05, 0.1) is 10.7 Å². The number of amides is 2. The van der Waals surface area contributed by atoms with Crippen molar-refractivity contribution in [3.63, 3.8) is 0 Å². The zero-order chi connectivity index (χ0) is 18.7. The Labute approximate surface area is 155 Å². The Kier molecular flexibility index (Phi) is 5.37. The molecule has 1 fully saturated rings. The number of rotatable bonds is 5. The lowest BCUT2D eigenvalue weighted by Crippen LogP contribution is -2.26. The summed E-state index contributed by atoms with van der Waals surface area (Å²) in [5, 5.41) is 7.15. The molecule has 2 aromatic rings. The molecule has 0 unspecified atom stereocenters. The number of benzene rings is 1. The molecule has 1 N–H and O–H groups in total. The van der Waals surface area contributed by atoms with Gasteiger partial charge in [0, 0.05) is 31.3 Å². The van der Waals surface area contributed by atoms with E-state index in [-0.39, 0.29) is 17.2 Å². The van der Waals surface area contributed by atoms with E-state index in [0.717, 1.165) is 12.8 Å². The molecule has 0 aliphatic carbocycles. The molecule has 0 saturated carbocycles. The highest BCUT2D eigenvalue weighted by molar-refractivity contribution is 6.34. The molecule has 1 aromatic heterocycles. The second-order valence-electron chi connectivity index (χ2n) is 6.05. The van der Waals surface area contributed by atoms with Crippen LogP contribution in [-0.2, 0) is 11.3 Å². The Morgan fingerprint density at radius 1 is 1.27 bits per heavy atom. The minimum absolute atomic E-state index is 0.0536. The van der Waals surface area contributed by atoms with Crippen LogP contribution in [0, 0.1) is 0 Å². The van der Waals surface area contributed by atoms with Crippen LogP contribution in [0.1, 0.15) is 36.7 Å². The van der Waals surface area contributed by atoms with E-state index in [2.05, 4.69) is 10.4 Å². The molecular formula is C18H19ClN4O3. The molecule has 26 heavy (non-hydrogen) atoms. The van der Waals surface area contributed by atoms with Gasteiger partial charge in [-0.1, -0.05) is 18.5 Å². The van der Waals surface area contributed by atoms with Crippen LogP contribution in [0.25, 0.3) is 0 Å². The van der Waals surface area contributed by atoms with Gasteiger partial charge in [0.2, 0.25) is 5.91 Å². The number of carbonyl (C=O) groups excluding carboxylic acids is 2. The van der Waals surface area contributed by atoms with E-state index in [9.17, 15) is 14.4 Å². The second kappa shape index (κ2) is 7.70. The maximum absolute atomic E-state index is 12.5. The summed E-state index contributed by atoms with van der Waals surface area (Å²) in [4.78, 5) is 37.8. The number of nitrogens with one attached hydrogen (secondary N) is 1. The Bertz CT molecular complexity index is 910. The van der Waals surface area contributed by atoms with Gasteiger partial charge >= 0.3 is 0 Å². The van der Waals surface area contributed by atoms with Crippen molar-refractivity contribution in [1.82, 2.24) is 9.78 Å². The summed E-state index contributed by atoms with van der Waals surface area (Å²) >= 11 is 6.18. The fraction of sp³-hybridized carbons (Fsp3) is 0.333. The van der Waals surface area contributed by atoms with Gasteiger partial charge in [0.15, 0.2) is 0 Å². The molecule has 0 atom stereocenters. The molecule has 0 radical (unpaired) electrons. The summed E-state index contributed by atoms with van der Waals surface area (Å²) in [6, 6.07) is 7.76. The van der Waals surface area contributed by atoms with Crippen LogP contribution in [0.2, 0.25) is 5.02 Å². The number of anilines is 2. The maximum Gasteiger partial charge on any atom is 0.276 e. The highest BCUT2D eigenvalue weighted by Crippen LogP contribution is 2.30. The predicted octanol–water partition coefficient (Wildman–Crippen LogP) is 2.69. The maximum atomic E-state index is 12.5. The summed E-state index contributed by atoms with van der Waals surface area (Å²) in [6.45, 7) is 3.01. The molecule has 136 valence electrons. The van der Waals surface area contributed by atoms with E-state index >= 15 is 0 Å². The molecule has 0 bridgehead atoms. The molecule has 0 spiro atoms. The Balaban J connectivity index is 1.84. The number of carbonyl (C=O) groups is 2. The van der Waals surface area contributed by atoms with Gasteiger partial charge in [-0.25, -0.2) is 4.68 Å². The molecule has 7 nitrogen and oxygen atoms in total. The van der Waals surface area contributed by atoms with Crippen molar-refractivity contribution >= 4 is 34.8 Å². The van der Waals surface area contributed by atoms with E-state index in [4.69, 9.17) is 11.6 Å². The van der Waals surface area contributed by atoms with Crippen molar-refractivity contribution in [3.8, 4) is 0 Å². The van der Waals surface area contributed by atoms with Crippen molar-refractivity contribution in [2.75, 3.05) is 16.8 Å². The second-order valence-corrected chi connectivity index (χ2v) is 6.45. The van der Waals surface area contributed by atoms with Crippen molar-refractivity contribution < 1.29 is 9.59 Å². The Hall–Kier alpha value is -2.67. The molecular weight excluding hydrogens is 356 g/mol. The average Bonchev–Trinajstić information content (AvgIpc) is 3.05. The van der Waals surface area contributed by atoms with Crippen LogP contribution in [0.4, 0.5) is 11.4 Å². The van der Waals surface area contributed by atoms with Gasteiger partial charge < -0.3 is 10.2 Å². The van der Waals surface area contributed by atoms with Gasteiger partial charge in [-0.05, 0) is 37.1 Å². The molecule has 1 aromatic carbocycles. The highest BCUT2D eigenvalue weighted by atomic mass is 35.5. The van der Waals surface area contributed by atoms with Gasteiger partial charge in [-0.15, -0.1) is 0 Å². The smallest absolute Gasteiger partial charge is 0.276 e. The van der Waals surface area contributed by atoms with Crippen molar-refractivity contribution in [2.45, 2.75) is 32.7 Å². The lowest BCUT2D eigenvalue weighted by molar-refractivity contribution is -0.117. The van der Waals surface area contributed by atoms with Crippen LogP contribution in [0.5, 0.6) is 0 Å². The van der Waals surface area contributed by atoms with Crippen LogP contribution in [0.3, 0.4) is 0 Å².